The van der Waals surface area contributed by atoms with Gasteiger partial charge in [0.2, 0.25) is 0 Å². The second-order valence-electron chi connectivity index (χ2n) is 14.3. The summed E-state index contributed by atoms with van der Waals surface area (Å²) < 4.78 is 5.39. The maximum absolute atomic E-state index is 14.2. The van der Waals surface area contributed by atoms with Gasteiger partial charge in [-0.2, -0.15) is 0 Å². The average molecular weight is 495 g/mol. The Bertz CT molecular complexity index is 1110. The SMILES string of the molecule is COC(=O)[C@]12CCC(C)(C)CC1C1C(=O)C=C3C4=CC(C=O)C(=O)C(C)(C)[C@@H]4CC[C@@]3(C)[C@]1(C)CC2. The molecule has 5 aliphatic rings. The fourth-order valence-corrected chi connectivity index (χ4v) is 9.38. The van der Waals surface area contributed by atoms with Gasteiger partial charge in [0.05, 0.1) is 18.4 Å². The first-order chi connectivity index (χ1) is 16.7. The highest BCUT2D eigenvalue weighted by molar-refractivity contribution is 6.02. The van der Waals surface area contributed by atoms with E-state index in [0.717, 1.165) is 62.4 Å². The molecule has 0 bridgehead atoms. The normalized spacial score (nSPS) is 44.6. The molecule has 0 saturated heterocycles. The first-order valence-electron chi connectivity index (χ1n) is 13.7. The van der Waals surface area contributed by atoms with Crippen LogP contribution in [0.1, 0.15) is 86.5 Å². The van der Waals surface area contributed by atoms with Crippen LogP contribution < -0.4 is 0 Å². The van der Waals surface area contributed by atoms with E-state index in [1.54, 1.807) is 0 Å². The van der Waals surface area contributed by atoms with Gasteiger partial charge in [-0.3, -0.25) is 14.4 Å². The predicted octanol–water partition coefficient (Wildman–Crippen LogP) is 5.66. The van der Waals surface area contributed by atoms with Crippen molar-refractivity contribution in [2.75, 3.05) is 7.11 Å². The highest BCUT2D eigenvalue weighted by atomic mass is 16.5. The Hall–Kier alpha value is -2.04. The van der Waals surface area contributed by atoms with Crippen molar-refractivity contribution in [3.05, 3.63) is 23.3 Å². The van der Waals surface area contributed by atoms with Crippen molar-refractivity contribution in [3.63, 3.8) is 0 Å². The number of hydrogen-bond donors (Lipinski definition) is 0. The number of aldehydes is 1. The molecule has 7 atom stereocenters. The fraction of sp³-hybridized carbons (Fsp3) is 0.742. The molecule has 3 unspecified atom stereocenters. The molecule has 0 aromatic rings. The molecule has 0 radical (unpaired) electrons. The van der Waals surface area contributed by atoms with E-state index in [1.807, 2.05) is 26.0 Å². The molecule has 0 aliphatic heterocycles. The molecule has 3 saturated carbocycles. The van der Waals surface area contributed by atoms with Crippen LogP contribution in [-0.2, 0) is 23.9 Å². The number of ether oxygens (including phenoxy) is 1. The zero-order chi connectivity index (χ0) is 26.5. The molecule has 3 fully saturated rings. The van der Waals surface area contributed by atoms with Crippen molar-refractivity contribution >= 4 is 23.8 Å². The minimum Gasteiger partial charge on any atom is -0.469 e. The number of Topliss-reactive ketones (excluding diaryl/α,β-unsaturated/α-hetero) is 1. The smallest absolute Gasteiger partial charge is 0.312 e. The lowest BCUT2D eigenvalue weighted by Crippen LogP contribution is -2.64. The molecule has 0 aromatic carbocycles. The minimum atomic E-state index is -0.757. The van der Waals surface area contributed by atoms with Crippen LogP contribution in [0, 0.1) is 50.7 Å². The van der Waals surface area contributed by atoms with Gasteiger partial charge < -0.3 is 9.53 Å². The molecular weight excluding hydrogens is 452 g/mol. The van der Waals surface area contributed by atoms with Crippen LogP contribution in [-0.4, -0.2) is 30.9 Å². The van der Waals surface area contributed by atoms with Crippen LogP contribution in [0.4, 0.5) is 0 Å². The lowest BCUT2D eigenvalue weighted by molar-refractivity contribution is -0.188. The minimum absolute atomic E-state index is 0.0137. The third-order valence-corrected chi connectivity index (χ3v) is 11.9. The average Bonchev–Trinajstić information content (AvgIpc) is 2.81. The Morgan fingerprint density at radius 3 is 2.31 bits per heavy atom. The molecule has 36 heavy (non-hydrogen) atoms. The number of fused-ring (bicyclic) bond motifs is 7. The van der Waals surface area contributed by atoms with Crippen LogP contribution in [0.15, 0.2) is 23.3 Å². The summed E-state index contributed by atoms with van der Waals surface area (Å²) in [5.74, 6) is -1.09. The van der Waals surface area contributed by atoms with Crippen molar-refractivity contribution in [2.24, 2.45) is 50.7 Å². The number of rotatable bonds is 2. The molecule has 0 amide bonds. The van der Waals surface area contributed by atoms with E-state index in [-0.39, 0.29) is 51.5 Å². The van der Waals surface area contributed by atoms with E-state index < -0.39 is 16.7 Å². The molecule has 0 spiro atoms. The van der Waals surface area contributed by atoms with E-state index in [9.17, 15) is 19.2 Å². The van der Waals surface area contributed by atoms with Crippen molar-refractivity contribution in [1.29, 1.82) is 0 Å². The highest BCUT2D eigenvalue weighted by Gasteiger charge is 2.69. The van der Waals surface area contributed by atoms with Crippen molar-refractivity contribution in [2.45, 2.75) is 86.5 Å². The maximum Gasteiger partial charge on any atom is 0.312 e. The lowest BCUT2D eigenvalue weighted by Gasteiger charge is -2.66. The monoisotopic (exact) mass is 494 g/mol. The van der Waals surface area contributed by atoms with Crippen molar-refractivity contribution < 1.29 is 23.9 Å². The first kappa shape index (κ1) is 25.6. The van der Waals surface area contributed by atoms with Gasteiger partial charge in [-0.1, -0.05) is 47.6 Å². The predicted molar refractivity (Wildman–Crippen MR) is 137 cm³/mol. The summed E-state index contributed by atoms with van der Waals surface area (Å²) in [6, 6.07) is 0. The summed E-state index contributed by atoms with van der Waals surface area (Å²) >= 11 is 0. The van der Waals surface area contributed by atoms with Crippen LogP contribution in [0.25, 0.3) is 0 Å². The van der Waals surface area contributed by atoms with E-state index in [2.05, 4.69) is 27.7 Å². The summed E-state index contributed by atoms with van der Waals surface area (Å²) in [5, 5.41) is 0. The van der Waals surface area contributed by atoms with Gasteiger partial charge in [0, 0.05) is 11.3 Å². The number of carbonyl (C=O) groups excluding carboxylic acids is 4. The third kappa shape index (κ3) is 3.07. The Morgan fingerprint density at radius 1 is 1.00 bits per heavy atom. The lowest BCUT2D eigenvalue weighted by atomic mass is 9.36. The molecule has 5 aliphatic carbocycles. The number of methoxy groups -OCH3 is 1. The topological polar surface area (TPSA) is 77.5 Å². The number of carbonyl (C=O) groups is 4. The first-order valence-corrected chi connectivity index (χ1v) is 13.7. The summed E-state index contributed by atoms with van der Waals surface area (Å²) in [6.07, 6.45) is 10.3. The molecule has 0 aromatic heterocycles. The molecule has 0 heterocycles. The largest absolute Gasteiger partial charge is 0.469 e. The molecule has 196 valence electrons. The number of allylic oxidation sites excluding steroid dienone is 4. The summed E-state index contributed by atoms with van der Waals surface area (Å²) in [6.45, 7) is 13.0. The highest BCUT2D eigenvalue weighted by Crippen LogP contribution is 2.72. The van der Waals surface area contributed by atoms with Crippen LogP contribution in [0.2, 0.25) is 0 Å². The van der Waals surface area contributed by atoms with Crippen LogP contribution in [0.5, 0.6) is 0 Å². The fourth-order valence-electron chi connectivity index (χ4n) is 9.38. The second kappa shape index (κ2) is 7.74. The van der Waals surface area contributed by atoms with Crippen LogP contribution >= 0.6 is 0 Å². The molecule has 5 rings (SSSR count). The van der Waals surface area contributed by atoms with Crippen molar-refractivity contribution in [3.8, 4) is 0 Å². The van der Waals surface area contributed by atoms with Gasteiger partial charge in [-0.05, 0) is 90.2 Å². The summed E-state index contributed by atoms with van der Waals surface area (Å²) in [4.78, 5) is 52.5. The Kier molecular flexibility index (Phi) is 5.50. The van der Waals surface area contributed by atoms with Crippen molar-refractivity contribution in [1.82, 2.24) is 0 Å². The number of esters is 1. The molecular formula is C31H42O5. The number of hydrogen-bond acceptors (Lipinski definition) is 5. The van der Waals surface area contributed by atoms with Gasteiger partial charge in [-0.25, -0.2) is 0 Å². The van der Waals surface area contributed by atoms with Gasteiger partial charge >= 0.3 is 5.97 Å². The zero-order valence-corrected chi connectivity index (χ0v) is 23.0. The van der Waals surface area contributed by atoms with E-state index in [4.69, 9.17) is 4.74 Å². The Balaban J connectivity index is 1.67. The number of ketones is 2. The van der Waals surface area contributed by atoms with Gasteiger partial charge in [-0.15, -0.1) is 0 Å². The quantitative estimate of drug-likeness (QED) is 0.281. The maximum atomic E-state index is 14.2. The summed E-state index contributed by atoms with van der Waals surface area (Å²) in [7, 11) is 1.48. The van der Waals surface area contributed by atoms with Gasteiger partial charge in [0.25, 0.3) is 0 Å². The molecule has 5 nitrogen and oxygen atoms in total. The van der Waals surface area contributed by atoms with E-state index in [1.165, 1.54) is 7.11 Å². The Labute approximate surface area is 215 Å². The molecule has 5 heteroatoms. The van der Waals surface area contributed by atoms with E-state index in [0.29, 0.717) is 0 Å². The van der Waals surface area contributed by atoms with Crippen LogP contribution in [0.3, 0.4) is 0 Å². The second-order valence-corrected chi connectivity index (χ2v) is 14.3. The van der Waals surface area contributed by atoms with E-state index >= 15 is 0 Å². The van der Waals surface area contributed by atoms with Gasteiger partial charge in [0.1, 0.15) is 6.29 Å². The van der Waals surface area contributed by atoms with Gasteiger partial charge in [0.15, 0.2) is 11.6 Å². The zero-order valence-electron chi connectivity index (χ0n) is 23.0. The summed E-state index contributed by atoms with van der Waals surface area (Å²) in [5.41, 5.74) is 0.335. The standard InChI is InChI=1S/C31H42O5/c1-27(2)10-12-31(26(35)36-7)13-11-30(6)24(22(31)16-27)23(33)15-21-19-14-18(17-32)25(34)28(3,4)20(19)8-9-29(21,30)5/h14-15,17-18,20,22,24H,8-13,16H2,1-7H3/t18?,20-,22?,24?,29-,30-,31+/m1/s1. The molecule has 0 N–H and O–H groups in total. The Morgan fingerprint density at radius 2 is 1.67 bits per heavy atom. The third-order valence-electron chi connectivity index (χ3n) is 11.9.